The van der Waals surface area contributed by atoms with Crippen LogP contribution in [0.4, 0.5) is 4.39 Å². The number of hydrogen-bond acceptors (Lipinski definition) is 2. The molecule has 2 rings (SSSR count). The van der Waals surface area contributed by atoms with Gasteiger partial charge in [-0.05, 0) is 61.9 Å². The van der Waals surface area contributed by atoms with E-state index in [0.717, 1.165) is 37.7 Å². The molecule has 0 bridgehead atoms. The smallest absolute Gasteiger partial charge is 0.327 e. The first-order valence-electron chi connectivity index (χ1n) is 7.35. The van der Waals surface area contributed by atoms with Gasteiger partial charge in [0.1, 0.15) is 5.82 Å². The Labute approximate surface area is 133 Å². The van der Waals surface area contributed by atoms with Crippen LogP contribution in [0.1, 0.15) is 28.2 Å². The summed E-state index contributed by atoms with van der Waals surface area (Å²) in [6.07, 6.45) is 7.54. The van der Waals surface area contributed by atoms with Crippen LogP contribution in [0.3, 0.4) is 0 Å². The van der Waals surface area contributed by atoms with Gasteiger partial charge in [0.05, 0.1) is 0 Å². The van der Waals surface area contributed by atoms with Gasteiger partial charge in [-0.1, -0.05) is 18.2 Å². The molecule has 0 fully saturated rings. The molecule has 22 heavy (non-hydrogen) atoms. The van der Waals surface area contributed by atoms with Crippen molar-refractivity contribution in [3.05, 3.63) is 69.7 Å². The van der Waals surface area contributed by atoms with Crippen molar-refractivity contribution in [3.63, 3.8) is 0 Å². The first-order valence-corrected chi connectivity index (χ1v) is 8.16. The Balaban J connectivity index is 1.72. The quantitative estimate of drug-likeness (QED) is 0.720. The van der Waals surface area contributed by atoms with E-state index in [4.69, 9.17) is 5.11 Å². The molecule has 2 aromatic rings. The van der Waals surface area contributed by atoms with E-state index >= 15 is 0 Å². The number of benzene rings is 1. The number of aryl methyl sites for hydroxylation is 3. The van der Waals surface area contributed by atoms with E-state index in [-0.39, 0.29) is 5.82 Å². The van der Waals surface area contributed by atoms with Gasteiger partial charge < -0.3 is 5.11 Å². The van der Waals surface area contributed by atoms with Gasteiger partial charge in [0.2, 0.25) is 0 Å². The Morgan fingerprint density at radius 3 is 2.41 bits per heavy atom. The summed E-state index contributed by atoms with van der Waals surface area (Å²) in [6, 6.07) is 10.9. The van der Waals surface area contributed by atoms with E-state index in [1.165, 1.54) is 28.0 Å². The number of rotatable bonds is 8. The highest BCUT2D eigenvalue weighted by molar-refractivity contribution is 7.11. The van der Waals surface area contributed by atoms with Crippen molar-refractivity contribution < 1.29 is 14.3 Å². The number of halogens is 1. The van der Waals surface area contributed by atoms with E-state index in [9.17, 15) is 9.18 Å². The van der Waals surface area contributed by atoms with E-state index in [0.29, 0.717) is 0 Å². The molecule has 1 aromatic heterocycles. The Hall–Kier alpha value is -1.94. The van der Waals surface area contributed by atoms with Crippen molar-refractivity contribution in [3.8, 4) is 0 Å². The van der Waals surface area contributed by atoms with Crippen LogP contribution in [0, 0.1) is 5.82 Å². The van der Waals surface area contributed by atoms with Crippen LogP contribution in [0.15, 0.2) is 48.6 Å². The number of thiophene rings is 1. The minimum Gasteiger partial charge on any atom is -0.478 e. The lowest BCUT2D eigenvalue weighted by Crippen LogP contribution is -1.88. The minimum absolute atomic E-state index is 0.191. The summed E-state index contributed by atoms with van der Waals surface area (Å²) in [5, 5.41) is 8.52. The van der Waals surface area contributed by atoms with Crippen LogP contribution < -0.4 is 0 Å². The molecule has 0 saturated heterocycles. The molecule has 1 aromatic carbocycles. The molecule has 0 atom stereocenters. The second-order valence-electron chi connectivity index (χ2n) is 5.13. The SMILES string of the molecule is O=C(O)C=CCCc1ccc(CCCc2ccc(F)cc2)s1. The summed E-state index contributed by atoms with van der Waals surface area (Å²) in [5.41, 5.74) is 1.16. The van der Waals surface area contributed by atoms with Gasteiger partial charge in [-0.25, -0.2) is 9.18 Å². The van der Waals surface area contributed by atoms with Gasteiger partial charge >= 0.3 is 5.97 Å². The topological polar surface area (TPSA) is 37.3 Å². The molecule has 1 N–H and O–H groups in total. The molecule has 0 saturated carbocycles. The molecule has 0 aliphatic carbocycles. The van der Waals surface area contributed by atoms with Gasteiger partial charge in [0.25, 0.3) is 0 Å². The lowest BCUT2D eigenvalue weighted by atomic mass is 10.1. The predicted octanol–water partition coefficient (Wildman–Crippen LogP) is 4.64. The fourth-order valence-corrected chi connectivity index (χ4v) is 3.29. The number of carboxylic acids is 1. The Bertz CT molecular complexity index is 629. The van der Waals surface area contributed by atoms with E-state index in [1.807, 2.05) is 12.1 Å². The summed E-state index contributed by atoms with van der Waals surface area (Å²) in [5.74, 6) is -1.09. The van der Waals surface area contributed by atoms with Crippen LogP contribution in [0.5, 0.6) is 0 Å². The van der Waals surface area contributed by atoms with Crippen LogP contribution in [-0.4, -0.2) is 11.1 Å². The van der Waals surface area contributed by atoms with E-state index < -0.39 is 5.97 Å². The molecule has 0 aliphatic rings. The monoisotopic (exact) mass is 318 g/mol. The van der Waals surface area contributed by atoms with E-state index in [2.05, 4.69) is 12.1 Å². The summed E-state index contributed by atoms with van der Waals surface area (Å²) < 4.78 is 12.8. The normalized spacial score (nSPS) is 11.1. The third-order valence-electron chi connectivity index (χ3n) is 3.34. The molecule has 0 radical (unpaired) electrons. The fraction of sp³-hybridized carbons (Fsp3) is 0.278. The van der Waals surface area contributed by atoms with Crippen LogP contribution in [0.25, 0.3) is 0 Å². The molecule has 4 heteroatoms. The van der Waals surface area contributed by atoms with Crippen LogP contribution >= 0.6 is 11.3 Å². The highest BCUT2D eigenvalue weighted by Gasteiger charge is 2.01. The van der Waals surface area contributed by atoms with Gasteiger partial charge in [-0.2, -0.15) is 0 Å². The van der Waals surface area contributed by atoms with Crippen molar-refractivity contribution in [1.29, 1.82) is 0 Å². The molecule has 0 unspecified atom stereocenters. The minimum atomic E-state index is -0.896. The van der Waals surface area contributed by atoms with Gasteiger partial charge in [-0.15, -0.1) is 11.3 Å². The van der Waals surface area contributed by atoms with Crippen molar-refractivity contribution in [2.45, 2.75) is 32.1 Å². The zero-order valence-electron chi connectivity index (χ0n) is 12.3. The predicted molar refractivity (Wildman–Crippen MR) is 87.8 cm³/mol. The summed E-state index contributed by atoms with van der Waals surface area (Å²) in [7, 11) is 0. The second kappa shape index (κ2) is 8.49. The zero-order valence-corrected chi connectivity index (χ0v) is 13.1. The maximum atomic E-state index is 12.8. The largest absolute Gasteiger partial charge is 0.478 e. The van der Waals surface area contributed by atoms with Gasteiger partial charge in [0.15, 0.2) is 0 Å². The third-order valence-corrected chi connectivity index (χ3v) is 4.54. The number of carboxylic acid groups (broad SMARTS) is 1. The molecular formula is C18H19FO2S. The Morgan fingerprint density at radius 1 is 1.05 bits per heavy atom. The number of carbonyl (C=O) groups is 1. The lowest BCUT2D eigenvalue weighted by molar-refractivity contribution is -0.131. The summed E-state index contributed by atoms with van der Waals surface area (Å²) >= 11 is 1.79. The fourth-order valence-electron chi connectivity index (χ4n) is 2.22. The molecule has 116 valence electrons. The highest BCUT2D eigenvalue weighted by Crippen LogP contribution is 2.20. The van der Waals surface area contributed by atoms with Crippen LogP contribution in [-0.2, 0) is 24.1 Å². The Morgan fingerprint density at radius 2 is 1.73 bits per heavy atom. The van der Waals surface area contributed by atoms with E-state index in [1.54, 1.807) is 17.4 Å². The molecular weight excluding hydrogens is 299 g/mol. The lowest BCUT2D eigenvalue weighted by Gasteiger charge is -2.00. The average molecular weight is 318 g/mol. The molecule has 2 nitrogen and oxygen atoms in total. The average Bonchev–Trinajstić information content (AvgIpc) is 2.93. The van der Waals surface area contributed by atoms with Gasteiger partial charge in [-0.3, -0.25) is 0 Å². The number of aliphatic carboxylic acids is 1. The van der Waals surface area contributed by atoms with Crippen molar-refractivity contribution in [2.24, 2.45) is 0 Å². The third kappa shape index (κ3) is 5.82. The summed E-state index contributed by atoms with van der Waals surface area (Å²) in [4.78, 5) is 13.0. The maximum Gasteiger partial charge on any atom is 0.327 e. The van der Waals surface area contributed by atoms with Crippen molar-refractivity contribution in [2.75, 3.05) is 0 Å². The molecule has 1 heterocycles. The van der Waals surface area contributed by atoms with Crippen LogP contribution in [0.2, 0.25) is 0 Å². The maximum absolute atomic E-state index is 12.8. The van der Waals surface area contributed by atoms with Crippen molar-refractivity contribution >= 4 is 17.3 Å². The van der Waals surface area contributed by atoms with Crippen molar-refractivity contribution in [1.82, 2.24) is 0 Å². The molecule has 0 spiro atoms. The summed E-state index contributed by atoms with van der Waals surface area (Å²) in [6.45, 7) is 0. The second-order valence-corrected chi connectivity index (χ2v) is 6.38. The Kier molecular flexibility index (Phi) is 6.34. The first kappa shape index (κ1) is 16.4. The number of allylic oxidation sites excluding steroid dienone is 1. The zero-order chi connectivity index (χ0) is 15.8. The molecule has 0 amide bonds. The first-order chi connectivity index (χ1) is 10.6. The van der Waals surface area contributed by atoms with Gasteiger partial charge in [0, 0.05) is 15.8 Å². The number of hydrogen-bond donors (Lipinski definition) is 1. The standard InChI is InChI=1S/C18H19FO2S/c19-15-10-8-14(9-11-15)4-3-6-17-13-12-16(22-17)5-1-2-7-18(20)21/h2,7-13H,1,3-6H2,(H,20,21). The molecule has 0 aliphatic heterocycles. The highest BCUT2D eigenvalue weighted by atomic mass is 32.1.